The molecule has 0 unspecified atom stereocenters. The molecule has 0 atom stereocenters. The molecule has 0 fully saturated rings. The van der Waals surface area contributed by atoms with E-state index in [0.29, 0.717) is 26.9 Å². The first-order valence-corrected chi connectivity index (χ1v) is 11.4. The first kappa shape index (κ1) is 24.0. The third-order valence-electron chi connectivity index (χ3n) is 4.49. The van der Waals surface area contributed by atoms with Gasteiger partial charge in [0.05, 0.1) is 28.1 Å². The van der Waals surface area contributed by atoms with Crippen LogP contribution >= 0.6 is 35.2 Å². The van der Waals surface area contributed by atoms with E-state index in [2.05, 4.69) is 16.0 Å². The minimum atomic E-state index is -0.389. The summed E-state index contributed by atoms with van der Waals surface area (Å²) in [5.41, 5.74) is 1.49. The van der Waals surface area contributed by atoms with E-state index in [1.807, 2.05) is 52.0 Å². The van der Waals surface area contributed by atoms with Crippen LogP contribution < -0.4 is 20.7 Å². The van der Waals surface area contributed by atoms with Gasteiger partial charge in [0.25, 0.3) is 11.8 Å². The van der Waals surface area contributed by atoms with Gasteiger partial charge >= 0.3 is 0 Å². The molecule has 0 aliphatic heterocycles. The predicted octanol–water partition coefficient (Wildman–Crippen LogP) is 5.53. The van der Waals surface area contributed by atoms with Crippen molar-refractivity contribution in [1.29, 1.82) is 0 Å². The quantitative estimate of drug-likeness (QED) is 0.420. The van der Waals surface area contributed by atoms with Crippen LogP contribution in [0, 0.1) is 6.92 Å². The Bertz CT molecular complexity index is 1220. The van der Waals surface area contributed by atoms with Crippen molar-refractivity contribution in [2.24, 2.45) is 0 Å². The Morgan fingerprint density at radius 1 is 1.09 bits per heavy atom. The number of halogens is 1. The number of ether oxygens (including phenoxy) is 1. The van der Waals surface area contributed by atoms with E-state index in [1.165, 1.54) is 18.4 Å². The SMILES string of the molecule is COc1c(C)cccc1C(=O)NC(=S)Nc1cccc2c(Cl)c(C(=O)NC(C)(C)C)sc12. The van der Waals surface area contributed by atoms with Gasteiger partial charge in [-0.15, -0.1) is 11.3 Å². The van der Waals surface area contributed by atoms with Crippen LogP contribution in [-0.2, 0) is 0 Å². The maximum Gasteiger partial charge on any atom is 0.263 e. The first-order chi connectivity index (χ1) is 15.0. The molecule has 0 radical (unpaired) electrons. The van der Waals surface area contributed by atoms with Crippen molar-refractivity contribution < 1.29 is 14.3 Å². The summed E-state index contributed by atoms with van der Waals surface area (Å²) < 4.78 is 6.12. The summed E-state index contributed by atoms with van der Waals surface area (Å²) in [6.45, 7) is 7.58. The molecule has 0 saturated heterocycles. The molecule has 32 heavy (non-hydrogen) atoms. The number of nitrogens with one attached hydrogen (secondary N) is 3. The second-order valence-corrected chi connectivity index (χ2v) is 10.0. The topological polar surface area (TPSA) is 79.5 Å². The van der Waals surface area contributed by atoms with Gasteiger partial charge in [0, 0.05) is 10.9 Å². The maximum atomic E-state index is 12.7. The Balaban J connectivity index is 1.84. The van der Waals surface area contributed by atoms with Crippen molar-refractivity contribution in [3.05, 3.63) is 57.4 Å². The zero-order valence-corrected chi connectivity index (χ0v) is 20.8. The van der Waals surface area contributed by atoms with E-state index in [-0.39, 0.29) is 22.5 Å². The van der Waals surface area contributed by atoms with Crippen molar-refractivity contribution in [1.82, 2.24) is 10.6 Å². The number of para-hydroxylation sites is 1. The fraction of sp³-hybridized carbons (Fsp3) is 0.261. The molecule has 2 aromatic carbocycles. The molecular weight excluding hydrogens is 466 g/mol. The summed E-state index contributed by atoms with van der Waals surface area (Å²) in [6.07, 6.45) is 0. The van der Waals surface area contributed by atoms with E-state index in [1.54, 1.807) is 12.1 Å². The van der Waals surface area contributed by atoms with Gasteiger partial charge in [-0.2, -0.15) is 0 Å². The molecular formula is C23H24ClN3O3S2. The Labute approximate surface area is 201 Å². The average molecular weight is 490 g/mol. The largest absolute Gasteiger partial charge is 0.496 e. The lowest BCUT2D eigenvalue weighted by molar-refractivity contribution is 0.0922. The summed E-state index contributed by atoms with van der Waals surface area (Å²) in [6, 6.07) is 10.8. The molecule has 0 bridgehead atoms. The fourth-order valence-electron chi connectivity index (χ4n) is 3.16. The minimum Gasteiger partial charge on any atom is -0.496 e. The van der Waals surface area contributed by atoms with E-state index < -0.39 is 0 Å². The number of methoxy groups -OCH3 is 1. The van der Waals surface area contributed by atoms with Crippen LogP contribution in [0.2, 0.25) is 5.02 Å². The van der Waals surface area contributed by atoms with Crippen molar-refractivity contribution in [3.63, 3.8) is 0 Å². The number of rotatable bonds is 4. The summed E-state index contributed by atoms with van der Waals surface area (Å²) in [5, 5.41) is 9.89. The monoisotopic (exact) mass is 489 g/mol. The molecule has 0 aliphatic rings. The zero-order chi connectivity index (χ0) is 23.6. The molecule has 3 N–H and O–H groups in total. The third kappa shape index (κ3) is 5.20. The molecule has 2 amide bonds. The lowest BCUT2D eigenvalue weighted by Gasteiger charge is -2.19. The lowest BCUT2D eigenvalue weighted by Crippen LogP contribution is -2.40. The van der Waals surface area contributed by atoms with E-state index >= 15 is 0 Å². The van der Waals surface area contributed by atoms with Gasteiger partial charge in [0.15, 0.2) is 5.11 Å². The smallest absolute Gasteiger partial charge is 0.263 e. The van der Waals surface area contributed by atoms with Crippen LogP contribution in [0.25, 0.3) is 10.1 Å². The number of fused-ring (bicyclic) bond motifs is 1. The summed E-state index contributed by atoms with van der Waals surface area (Å²) >= 11 is 13.1. The van der Waals surface area contributed by atoms with Gasteiger partial charge in [-0.3, -0.25) is 14.9 Å². The predicted molar refractivity (Wildman–Crippen MR) is 135 cm³/mol. The molecule has 9 heteroatoms. The molecule has 6 nitrogen and oxygen atoms in total. The van der Waals surface area contributed by atoms with Crippen LogP contribution in [0.1, 0.15) is 46.4 Å². The molecule has 1 heterocycles. The van der Waals surface area contributed by atoms with Gasteiger partial charge in [0.2, 0.25) is 0 Å². The van der Waals surface area contributed by atoms with Crippen LogP contribution in [0.15, 0.2) is 36.4 Å². The van der Waals surface area contributed by atoms with Crippen molar-refractivity contribution in [2.75, 3.05) is 12.4 Å². The summed E-state index contributed by atoms with van der Waals surface area (Å²) in [4.78, 5) is 25.8. The molecule has 0 aliphatic carbocycles. The molecule has 1 aromatic heterocycles. The Morgan fingerprint density at radius 2 is 1.78 bits per heavy atom. The number of hydrogen-bond donors (Lipinski definition) is 3. The lowest BCUT2D eigenvalue weighted by atomic mass is 10.1. The number of hydrogen-bond acceptors (Lipinski definition) is 5. The highest BCUT2D eigenvalue weighted by Crippen LogP contribution is 2.39. The van der Waals surface area contributed by atoms with Gasteiger partial charge in [-0.1, -0.05) is 35.9 Å². The average Bonchev–Trinajstić information content (AvgIpc) is 3.04. The second-order valence-electron chi connectivity index (χ2n) is 8.20. The molecule has 0 spiro atoms. The number of thiophene rings is 1. The number of carbonyl (C=O) groups is 2. The van der Waals surface area contributed by atoms with Crippen molar-refractivity contribution in [2.45, 2.75) is 33.2 Å². The molecule has 3 rings (SSSR count). The number of carbonyl (C=O) groups excluding carboxylic acids is 2. The summed E-state index contributed by atoms with van der Waals surface area (Å²) in [5.74, 6) is -0.129. The summed E-state index contributed by atoms with van der Waals surface area (Å²) in [7, 11) is 1.52. The van der Waals surface area contributed by atoms with Gasteiger partial charge in [0.1, 0.15) is 10.6 Å². The van der Waals surface area contributed by atoms with Crippen LogP contribution in [0.3, 0.4) is 0 Å². The highest BCUT2D eigenvalue weighted by Gasteiger charge is 2.23. The maximum absolute atomic E-state index is 12.7. The van der Waals surface area contributed by atoms with E-state index in [4.69, 9.17) is 28.6 Å². The Hall–Kier alpha value is -2.68. The highest BCUT2D eigenvalue weighted by molar-refractivity contribution is 7.80. The van der Waals surface area contributed by atoms with Crippen molar-refractivity contribution >= 4 is 67.9 Å². The second kappa shape index (κ2) is 9.44. The number of anilines is 1. The van der Waals surface area contributed by atoms with E-state index in [0.717, 1.165) is 15.6 Å². The van der Waals surface area contributed by atoms with Gasteiger partial charge < -0.3 is 15.4 Å². The van der Waals surface area contributed by atoms with Crippen LogP contribution in [-0.4, -0.2) is 29.6 Å². The zero-order valence-electron chi connectivity index (χ0n) is 18.4. The number of aryl methyl sites for hydroxylation is 1. The standard InChI is InChI=1S/C23H24ClN3O3S2/c1-12-8-6-10-14(17(12)30-5)20(28)26-22(31)25-15-11-7-9-13-16(24)19(32-18(13)15)21(29)27-23(2,3)4/h6-11H,1-5H3,(H,27,29)(H2,25,26,28,31). The van der Waals surface area contributed by atoms with Crippen molar-refractivity contribution in [3.8, 4) is 5.75 Å². The fourth-order valence-corrected chi connectivity index (χ4v) is 4.83. The Kier molecular flexibility index (Phi) is 7.07. The minimum absolute atomic E-state index is 0.122. The van der Waals surface area contributed by atoms with Gasteiger partial charge in [-0.05, 0) is 57.6 Å². The molecule has 3 aromatic rings. The number of benzene rings is 2. The van der Waals surface area contributed by atoms with Gasteiger partial charge in [-0.25, -0.2) is 0 Å². The third-order valence-corrected chi connectivity index (χ3v) is 6.43. The van der Waals surface area contributed by atoms with E-state index in [9.17, 15) is 9.59 Å². The molecule has 168 valence electrons. The number of thiocarbonyl (C=S) groups is 1. The highest BCUT2D eigenvalue weighted by atomic mass is 35.5. The molecule has 0 saturated carbocycles. The number of amides is 2. The normalized spacial score (nSPS) is 11.2. The first-order valence-electron chi connectivity index (χ1n) is 9.81. The van der Waals surface area contributed by atoms with Crippen LogP contribution in [0.4, 0.5) is 5.69 Å². The Morgan fingerprint density at radius 3 is 2.44 bits per heavy atom. The van der Waals surface area contributed by atoms with Crippen LogP contribution in [0.5, 0.6) is 5.75 Å².